The summed E-state index contributed by atoms with van der Waals surface area (Å²) in [4.78, 5) is 7.10. The van der Waals surface area contributed by atoms with E-state index in [-0.39, 0.29) is 11.3 Å². The Balaban J connectivity index is 2.42. The summed E-state index contributed by atoms with van der Waals surface area (Å²) in [7, 11) is -3.11. The molecular weight excluding hydrogens is 342 g/mol. The molecule has 1 heterocycles. The average molecular weight is 378 g/mol. The van der Waals surface area contributed by atoms with E-state index in [1.54, 1.807) is 6.92 Å². The topological polar surface area (TPSA) is 95.1 Å². The lowest BCUT2D eigenvalue weighted by Crippen LogP contribution is -2.52. The minimum atomic E-state index is -3.11. The number of sulfonamides is 1. The van der Waals surface area contributed by atoms with Gasteiger partial charge in [0.2, 0.25) is 10.0 Å². The SMILES string of the molecule is CCNC(=NCC(C)(C)N1CCOCC1)NCCCNS(=O)(=O)CC. The van der Waals surface area contributed by atoms with E-state index < -0.39 is 10.0 Å². The number of aliphatic imine (C=N–C) groups is 1. The minimum Gasteiger partial charge on any atom is -0.379 e. The van der Waals surface area contributed by atoms with Gasteiger partial charge in [-0.05, 0) is 34.1 Å². The number of guanidine groups is 1. The minimum absolute atomic E-state index is 0.0249. The summed E-state index contributed by atoms with van der Waals surface area (Å²) in [5, 5.41) is 6.49. The van der Waals surface area contributed by atoms with Crippen molar-refractivity contribution in [3.05, 3.63) is 0 Å². The van der Waals surface area contributed by atoms with Crippen LogP contribution < -0.4 is 15.4 Å². The number of rotatable bonds is 10. The summed E-state index contributed by atoms with van der Waals surface area (Å²) in [6.45, 7) is 14.0. The number of hydrogen-bond acceptors (Lipinski definition) is 5. The van der Waals surface area contributed by atoms with Crippen LogP contribution in [0.15, 0.2) is 4.99 Å². The molecule has 0 bridgehead atoms. The Hall–Kier alpha value is -0.900. The molecule has 0 aromatic rings. The molecule has 0 radical (unpaired) electrons. The fourth-order valence-corrected chi connectivity index (χ4v) is 3.17. The molecule has 1 rings (SSSR count). The Morgan fingerprint density at radius 3 is 2.44 bits per heavy atom. The van der Waals surface area contributed by atoms with E-state index in [2.05, 4.69) is 34.1 Å². The van der Waals surface area contributed by atoms with E-state index in [1.807, 2.05) is 6.92 Å². The van der Waals surface area contributed by atoms with Crippen molar-refractivity contribution in [2.45, 2.75) is 39.7 Å². The summed E-state index contributed by atoms with van der Waals surface area (Å²) in [6, 6.07) is 0. The van der Waals surface area contributed by atoms with Crippen molar-refractivity contribution >= 4 is 16.0 Å². The first kappa shape index (κ1) is 22.1. The van der Waals surface area contributed by atoms with Crippen molar-refractivity contribution in [3.8, 4) is 0 Å². The molecule has 8 nitrogen and oxygen atoms in total. The molecule has 3 N–H and O–H groups in total. The highest BCUT2D eigenvalue weighted by molar-refractivity contribution is 7.89. The van der Waals surface area contributed by atoms with Gasteiger partial charge in [0.25, 0.3) is 0 Å². The highest BCUT2D eigenvalue weighted by atomic mass is 32.2. The molecule has 1 aliphatic rings. The van der Waals surface area contributed by atoms with Crippen molar-refractivity contribution < 1.29 is 13.2 Å². The van der Waals surface area contributed by atoms with Gasteiger partial charge in [-0.1, -0.05) is 0 Å². The standard InChI is InChI=1S/C16H35N5O3S/c1-5-17-15(18-8-7-9-20-25(22,23)6-2)19-14-16(3,4)21-10-12-24-13-11-21/h20H,5-14H2,1-4H3,(H2,17,18,19). The van der Waals surface area contributed by atoms with Gasteiger partial charge in [-0.3, -0.25) is 9.89 Å². The van der Waals surface area contributed by atoms with Crippen LogP contribution in [0, 0.1) is 0 Å². The Morgan fingerprint density at radius 1 is 1.16 bits per heavy atom. The molecule has 0 amide bonds. The van der Waals surface area contributed by atoms with Crippen LogP contribution in [0.4, 0.5) is 0 Å². The maximum Gasteiger partial charge on any atom is 0.211 e. The number of ether oxygens (including phenoxy) is 1. The van der Waals surface area contributed by atoms with E-state index >= 15 is 0 Å². The van der Waals surface area contributed by atoms with Gasteiger partial charge in [-0.2, -0.15) is 0 Å². The first-order valence-electron chi connectivity index (χ1n) is 9.13. The summed E-state index contributed by atoms with van der Waals surface area (Å²) in [5.41, 5.74) is -0.0249. The van der Waals surface area contributed by atoms with Gasteiger partial charge in [0.1, 0.15) is 0 Å². The molecule has 0 aromatic carbocycles. The summed E-state index contributed by atoms with van der Waals surface area (Å²) in [6.07, 6.45) is 0.705. The summed E-state index contributed by atoms with van der Waals surface area (Å²) >= 11 is 0. The molecule has 1 aliphatic heterocycles. The van der Waals surface area contributed by atoms with E-state index in [9.17, 15) is 8.42 Å². The molecule has 148 valence electrons. The van der Waals surface area contributed by atoms with Gasteiger partial charge in [0, 0.05) is 38.3 Å². The van der Waals surface area contributed by atoms with Crippen LogP contribution in [0.3, 0.4) is 0 Å². The monoisotopic (exact) mass is 377 g/mol. The summed E-state index contributed by atoms with van der Waals surface area (Å²) < 4.78 is 30.7. The van der Waals surface area contributed by atoms with Gasteiger partial charge in [-0.25, -0.2) is 13.1 Å². The second-order valence-electron chi connectivity index (χ2n) is 6.69. The van der Waals surface area contributed by atoms with Crippen molar-refractivity contribution in [3.63, 3.8) is 0 Å². The van der Waals surface area contributed by atoms with E-state index in [0.717, 1.165) is 38.8 Å². The molecule has 9 heteroatoms. The normalized spacial score (nSPS) is 17.5. The third-order valence-electron chi connectivity index (χ3n) is 4.18. The van der Waals surface area contributed by atoms with Crippen LogP contribution >= 0.6 is 0 Å². The van der Waals surface area contributed by atoms with Crippen LogP contribution in [-0.4, -0.2) is 83.1 Å². The smallest absolute Gasteiger partial charge is 0.211 e. The first-order valence-corrected chi connectivity index (χ1v) is 10.8. The number of hydrogen-bond donors (Lipinski definition) is 3. The fourth-order valence-electron chi connectivity index (χ4n) is 2.51. The van der Waals surface area contributed by atoms with Crippen LogP contribution in [0.5, 0.6) is 0 Å². The zero-order chi connectivity index (χ0) is 18.8. The Bertz CT molecular complexity index is 502. The van der Waals surface area contributed by atoms with Crippen LogP contribution in [0.1, 0.15) is 34.1 Å². The highest BCUT2D eigenvalue weighted by Gasteiger charge is 2.28. The molecule has 0 saturated carbocycles. The molecule has 0 atom stereocenters. The molecule has 1 fully saturated rings. The average Bonchev–Trinajstić information content (AvgIpc) is 2.60. The van der Waals surface area contributed by atoms with Crippen molar-refractivity contribution in [1.82, 2.24) is 20.3 Å². The predicted molar refractivity (Wildman–Crippen MR) is 103 cm³/mol. The second-order valence-corrected chi connectivity index (χ2v) is 8.78. The molecule has 25 heavy (non-hydrogen) atoms. The number of morpholine rings is 1. The second kappa shape index (κ2) is 10.9. The number of nitrogens with one attached hydrogen (secondary N) is 3. The maximum atomic E-state index is 11.4. The molecule has 0 spiro atoms. The lowest BCUT2D eigenvalue weighted by atomic mass is 10.0. The number of nitrogens with zero attached hydrogens (tertiary/aromatic N) is 2. The van der Waals surface area contributed by atoms with Gasteiger partial charge in [-0.15, -0.1) is 0 Å². The third kappa shape index (κ3) is 8.84. The van der Waals surface area contributed by atoms with Crippen LogP contribution in [0.2, 0.25) is 0 Å². The quantitative estimate of drug-likeness (QED) is 0.281. The largest absolute Gasteiger partial charge is 0.379 e. The van der Waals surface area contributed by atoms with Crippen molar-refractivity contribution in [2.24, 2.45) is 4.99 Å². The lowest BCUT2D eigenvalue weighted by Gasteiger charge is -2.39. The molecule has 0 aromatic heterocycles. The molecular formula is C16H35N5O3S. The lowest BCUT2D eigenvalue weighted by molar-refractivity contribution is -0.00683. The van der Waals surface area contributed by atoms with E-state index in [4.69, 9.17) is 9.73 Å². The van der Waals surface area contributed by atoms with E-state index in [0.29, 0.717) is 26.1 Å². The van der Waals surface area contributed by atoms with Crippen molar-refractivity contribution in [2.75, 3.05) is 58.2 Å². The van der Waals surface area contributed by atoms with Gasteiger partial charge < -0.3 is 15.4 Å². The van der Waals surface area contributed by atoms with Crippen molar-refractivity contribution in [1.29, 1.82) is 0 Å². The van der Waals surface area contributed by atoms with Crippen LogP contribution in [-0.2, 0) is 14.8 Å². The third-order valence-corrected chi connectivity index (χ3v) is 5.59. The van der Waals surface area contributed by atoms with Crippen LogP contribution in [0.25, 0.3) is 0 Å². The zero-order valence-corrected chi connectivity index (χ0v) is 16.9. The zero-order valence-electron chi connectivity index (χ0n) is 16.1. The van der Waals surface area contributed by atoms with Gasteiger partial charge >= 0.3 is 0 Å². The Morgan fingerprint density at radius 2 is 1.84 bits per heavy atom. The van der Waals surface area contributed by atoms with Gasteiger partial charge in [0.15, 0.2) is 5.96 Å². The maximum absolute atomic E-state index is 11.4. The molecule has 1 saturated heterocycles. The summed E-state index contributed by atoms with van der Waals surface area (Å²) in [5.74, 6) is 0.878. The Labute approximate surface area is 152 Å². The first-order chi connectivity index (χ1) is 11.8. The highest BCUT2D eigenvalue weighted by Crippen LogP contribution is 2.16. The van der Waals surface area contributed by atoms with Gasteiger partial charge in [0.05, 0.1) is 25.5 Å². The fraction of sp³-hybridized carbons (Fsp3) is 0.938. The predicted octanol–water partition coefficient (Wildman–Crippen LogP) is -0.0183. The van der Waals surface area contributed by atoms with E-state index in [1.165, 1.54) is 0 Å². The molecule has 0 unspecified atom stereocenters. The molecule has 0 aliphatic carbocycles. The Kier molecular flexibility index (Phi) is 9.70.